The Morgan fingerprint density at radius 2 is 0.558 bits per heavy atom. The molecular weight excluding hydrogens is 1450 g/mol. The minimum atomic E-state index is 0. The standard InChI is InChI=1S/C56H48N2.C28H25N.C26H19N.6CH4/c1-5-40(42-23-25-43(26-24-42)44-27-29-47(30-28-44)57-55-31-17-37(2)33-51(55)52-34-38(3)18-32-56(52)57)35-39(4)41-19-21-45(22-20-41)46-11-10-12-48(36-46)58-53-15-8-6-13-49(53)50-14-7-9-16-54(50)58;1-4-23-9-11-24(12-10-23)25-13-19-28(20-14-25)29(26-15-5-21(2)6-16-26)27-17-7-22(3)8-18-27;1-2-19-14-16-20(17-15-19)21-8-7-9-22(18-21)27-25-12-5-3-10-23(25)24-11-4-6-13-26(24)27;;;;;;/h6-34,36,39-40H,5,35H2,1-4H3;4-20H,1H2,2-3H3;2-18H,1H2;6*1H4. The first kappa shape index (κ1) is 87.0. The van der Waals surface area contributed by atoms with Crippen LogP contribution in [0, 0.1) is 27.7 Å². The van der Waals surface area contributed by atoms with Crippen LogP contribution in [0.4, 0.5) is 17.1 Å². The van der Waals surface area contributed by atoms with E-state index in [9.17, 15) is 0 Å². The van der Waals surface area contributed by atoms with Gasteiger partial charge in [0.05, 0.1) is 33.1 Å². The van der Waals surface area contributed by atoms with Crippen molar-refractivity contribution in [3.63, 3.8) is 0 Å². The van der Waals surface area contributed by atoms with Gasteiger partial charge < -0.3 is 18.6 Å². The van der Waals surface area contributed by atoms with Gasteiger partial charge in [-0.05, 0) is 240 Å². The first-order chi connectivity index (χ1) is 55.9. The van der Waals surface area contributed by atoms with Crippen molar-refractivity contribution < 1.29 is 0 Å². The average Bonchev–Trinajstić information content (AvgIpc) is 1.60. The molecule has 19 rings (SSSR count). The molecule has 19 aromatic rings. The zero-order valence-corrected chi connectivity index (χ0v) is 65.7. The van der Waals surface area contributed by atoms with E-state index in [1.54, 1.807) is 0 Å². The summed E-state index contributed by atoms with van der Waals surface area (Å²) in [7, 11) is 0. The van der Waals surface area contributed by atoms with Crippen LogP contribution in [0.15, 0.2) is 389 Å². The highest BCUT2D eigenvalue weighted by molar-refractivity contribution is 6.11. The molecule has 0 fully saturated rings. The second-order valence-electron chi connectivity index (χ2n) is 30.5. The molecule has 0 saturated heterocycles. The van der Waals surface area contributed by atoms with Gasteiger partial charge in [-0.15, -0.1) is 0 Å². The van der Waals surface area contributed by atoms with Crippen molar-refractivity contribution in [1.29, 1.82) is 0 Å². The zero-order valence-electron chi connectivity index (χ0n) is 65.7. The van der Waals surface area contributed by atoms with Crippen LogP contribution in [0.5, 0.6) is 0 Å². The number of nitrogens with zero attached hydrogens (tertiary/aromatic N) is 4. The third-order valence-corrected chi connectivity index (χ3v) is 22.9. The molecule has 0 aliphatic heterocycles. The summed E-state index contributed by atoms with van der Waals surface area (Å²) in [6, 6.07) is 137. The fourth-order valence-electron chi connectivity index (χ4n) is 16.7. The lowest BCUT2D eigenvalue weighted by Gasteiger charge is -2.26. The maximum atomic E-state index is 3.84. The van der Waals surface area contributed by atoms with Gasteiger partial charge in [0.15, 0.2) is 0 Å². The fraction of sp³-hybridized carbons (Fsp3) is 0.138. The number of aromatic nitrogens is 3. The molecule has 0 spiro atoms. The van der Waals surface area contributed by atoms with Gasteiger partial charge >= 0.3 is 0 Å². The highest BCUT2D eigenvalue weighted by Crippen LogP contribution is 2.41. The van der Waals surface area contributed by atoms with Gasteiger partial charge in [-0.1, -0.05) is 361 Å². The van der Waals surface area contributed by atoms with Crippen LogP contribution in [0.3, 0.4) is 0 Å². The Morgan fingerprint density at radius 1 is 0.267 bits per heavy atom. The number of fused-ring (bicyclic) bond motifs is 9. The molecule has 2 unspecified atom stereocenters. The van der Waals surface area contributed by atoms with Gasteiger partial charge in [0.2, 0.25) is 0 Å². The average molecular weight is 1570 g/mol. The van der Waals surface area contributed by atoms with Crippen molar-refractivity contribution in [2.45, 2.75) is 111 Å². The fourth-order valence-corrected chi connectivity index (χ4v) is 16.7. The van der Waals surface area contributed by atoms with E-state index in [4.69, 9.17) is 0 Å². The van der Waals surface area contributed by atoms with Gasteiger partial charge in [0, 0.05) is 66.4 Å². The third-order valence-electron chi connectivity index (χ3n) is 22.9. The molecule has 3 aromatic heterocycles. The molecule has 3 heterocycles. The Bertz CT molecular complexity index is 6440. The molecule has 16 aromatic carbocycles. The molecule has 0 aliphatic rings. The summed E-state index contributed by atoms with van der Waals surface area (Å²) in [5.74, 6) is 0.945. The number of para-hydroxylation sites is 4. The van der Waals surface area contributed by atoms with Crippen molar-refractivity contribution in [2.24, 2.45) is 0 Å². The van der Waals surface area contributed by atoms with E-state index >= 15 is 0 Å². The molecule has 600 valence electrons. The van der Waals surface area contributed by atoms with Gasteiger partial charge in [-0.2, -0.15) is 0 Å². The van der Waals surface area contributed by atoms with Crippen molar-refractivity contribution in [2.75, 3.05) is 4.90 Å². The lowest BCUT2D eigenvalue weighted by atomic mass is 9.84. The predicted octanol–water partition coefficient (Wildman–Crippen LogP) is 34.5. The number of benzene rings is 16. The smallest absolute Gasteiger partial charge is 0.0541 e. The van der Waals surface area contributed by atoms with Crippen LogP contribution in [0.2, 0.25) is 0 Å². The van der Waals surface area contributed by atoms with Crippen LogP contribution in [-0.4, -0.2) is 13.7 Å². The first-order valence-electron chi connectivity index (χ1n) is 39.9. The SMILES string of the molecule is C.C.C.C.C.C.C=Cc1ccc(-c2ccc(N(c3ccc(C)cc3)c3ccc(C)cc3)cc2)cc1.C=Cc1ccc(-c2cccc(-n3c4ccccc4c4ccccc43)c2)cc1.CCC(CC(C)c1ccc(-c2cccc(-n3c4ccccc4c4ccccc43)c2)cc1)c1ccc(-c2ccc(-n3c4ccc(C)cc4c4cc(C)ccc43)cc2)cc1. The zero-order chi connectivity index (χ0) is 77.8. The number of hydrogen-bond donors (Lipinski definition) is 0. The molecule has 0 amide bonds. The molecule has 4 nitrogen and oxygen atoms in total. The Labute approximate surface area is 714 Å². The van der Waals surface area contributed by atoms with E-state index in [0.29, 0.717) is 11.8 Å². The van der Waals surface area contributed by atoms with E-state index in [-0.39, 0.29) is 44.6 Å². The quantitative estimate of drug-likeness (QED) is 0.0889. The summed E-state index contributed by atoms with van der Waals surface area (Å²) in [5, 5.41) is 7.77. The number of rotatable bonds is 17. The van der Waals surface area contributed by atoms with Crippen LogP contribution < -0.4 is 4.90 Å². The number of aryl methyl sites for hydroxylation is 4. The second kappa shape index (κ2) is 38.5. The Hall–Kier alpha value is -13.8. The highest BCUT2D eigenvalue weighted by atomic mass is 15.1. The first-order valence-corrected chi connectivity index (χ1v) is 39.9. The maximum absolute atomic E-state index is 3.84. The van der Waals surface area contributed by atoms with Crippen LogP contribution in [0.1, 0.15) is 128 Å². The number of anilines is 3. The highest BCUT2D eigenvalue weighted by Gasteiger charge is 2.20. The molecule has 0 bridgehead atoms. The van der Waals surface area contributed by atoms with Gasteiger partial charge in [-0.25, -0.2) is 0 Å². The molecule has 0 radical (unpaired) electrons. The molecule has 0 aliphatic carbocycles. The number of hydrogen-bond acceptors (Lipinski definition) is 1. The Balaban J connectivity index is 0.000000191. The van der Waals surface area contributed by atoms with Crippen LogP contribution >= 0.6 is 0 Å². The predicted molar refractivity (Wildman–Crippen MR) is 531 cm³/mol. The van der Waals surface area contributed by atoms with E-state index in [2.05, 4.69) is 449 Å². The van der Waals surface area contributed by atoms with Gasteiger partial charge in [-0.3, -0.25) is 0 Å². The van der Waals surface area contributed by atoms with Crippen molar-refractivity contribution in [3.05, 3.63) is 434 Å². The molecule has 0 N–H and O–H groups in total. The van der Waals surface area contributed by atoms with E-state index in [1.165, 1.54) is 160 Å². The Morgan fingerprint density at radius 3 is 0.917 bits per heavy atom. The summed E-state index contributed by atoms with van der Waals surface area (Å²) in [4.78, 5) is 2.30. The molecule has 4 heteroatoms. The monoisotopic (exact) mass is 1560 g/mol. The summed E-state index contributed by atoms with van der Waals surface area (Å²) in [6.45, 7) is 21.0. The lowest BCUT2D eigenvalue weighted by molar-refractivity contribution is 0.544. The van der Waals surface area contributed by atoms with E-state index in [0.717, 1.165) is 41.0 Å². The van der Waals surface area contributed by atoms with E-state index < -0.39 is 0 Å². The van der Waals surface area contributed by atoms with Gasteiger partial charge in [0.25, 0.3) is 0 Å². The molecule has 2 atom stereocenters. The molecule has 0 saturated carbocycles. The van der Waals surface area contributed by atoms with E-state index in [1.807, 2.05) is 12.2 Å². The maximum Gasteiger partial charge on any atom is 0.0541 e. The van der Waals surface area contributed by atoms with Crippen molar-refractivity contribution in [1.82, 2.24) is 13.7 Å². The second-order valence-corrected chi connectivity index (χ2v) is 30.5. The summed E-state index contributed by atoms with van der Waals surface area (Å²) >= 11 is 0. The molecule has 120 heavy (non-hydrogen) atoms. The summed E-state index contributed by atoms with van der Waals surface area (Å²) in [6.07, 6.45) is 5.97. The minimum Gasteiger partial charge on any atom is -0.311 e. The molecular formula is C116H116N4. The Kier molecular flexibility index (Phi) is 27.9. The minimum absolute atomic E-state index is 0. The summed E-state index contributed by atoms with van der Waals surface area (Å²) < 4.78 is 7.15. The van der Waals surface area contributed by atoms with Crippen molar-refractivity contribution >= 4 is 94.6 Å². The largest absolute Gasteiger partial charge is 0.311 e. The lowest BCUT2D eigenvalue weighted by Crippen LogP contribution is -2.09. The normalized spacial score (nSPS) is 11.2. The topological polar surface area (TPSA) is 18.0 Å². The van der Waals surface area contributed by atoms with Gasteiger partial charge in [0.1, 0.15) is 0 Å². The van der Waals surface area contributed by atoms with Crippen molar-refractivity contribution in [3.8, 4) is 61.6 Å². The third kappa shape index (κ3) is 17.7. The van der Waals surface area contributed by atoms with Crippen LogP contribution in [0.25, 0.3) is 139 Å². The van der Waals surface area contributed by atoms with Crippen LogP contribution in [-0.2, 0) is 0 Å². The summed E-state index contributed by atoms with van der Waals surface area (Å²) in [5.41, 5.74) is 34.4.